The van der Waals surface area contributed by atoms with Crippen LogP contribution in [0, 0.1) is 11.6 Å². The Kier molecular flexibility index (Phi) is 3.45. The third-order valence-electron chi connectivity index (χ3n) is 3.84. The van der Waals surface area contributed by atoms with Gasteiger partial charge in [-0.3, -0.25) is 0 Å². The van der Waals surface area contributed by atoms with E-state index in [9.17, 15) is 13.6 Å². The fourth-order valence-electron chi connectivity index (χ4n) is 2.48. The van der Waals surface area contributed by atoms with E-state index in [2.05, 4.69) is 9.97 Å². The molecule has 0 bridgehead atoms. The number of oxazole rings is 1. The predicted molar refractivity (Wildman–Crippen MR) is 82.2 cm³/mol. The van der Waals surface area contributed by atoms with E-state index in [1.54, 1.807) is 6.07 Å². The quantitative estimate of drug-likeness (QED) is 0.676. The van der Waals surface area contributed by atoms with E-state index in [1.807, 2.05) is 0 Å². The minimum atomic E-state index is -0.927. The van der Waals surface area contributed by atoms with Gasteiger partial charge in [-0.25, -0.2) is 18.1 Å². The highest BCUT2D eigenvalue weighted by Crippen LogP contribution is 2.38. The smallest absolute Gasteiger partial charge is 0.353 e. The van der Waals surface area contributed by atoms with E-state index in [0.29, 0.717) is 5.92 Å². The molecular formula is C16H10ClF2N3O2. The molecule has 8 heteroatoms. The van der Waals surface area contributed by atoms with E-state index in [0.717, 1.165) is 37.1 Å². The normalized spacial score (nSPS) is 14.1. The van der Waals surface area contributed by atoms with Crippen LogP contribution in [0.3, 0.4) is 0 Å². The lowest BCUT2D eigenvalue weighted by Gasteiger charge is -2.06. The molecule has 0 atom stereocenters. The van der Waals surface area contributed by atoms with Gasteiger partial charge in [0, 0.05) is 17.7 Å². The monoisotopic (exact) mass is 349 g/mol. The summed E-state index contributed by atoms with van der Waals surface area (Å²) in [4.78, 5) is 20.2. The van der Waals surface area contributed by atoms with Crippen molar-refractivity contribution in [3.63, 3.8) is 0 Å². The summed E-state index contributed by atoms with van der Waals surface area (Å²) in [6.07, 6.45) is 4.67. The largest absolute Gasteiger partial charge is 0.441 e. The topological polar surface area (TPSA) is 60.9 Å². The van der Waals surface area contributed by atoms with Gasteiger partial charge in [-0.05, 0) is 31.0 Å². The van der Waals surface area contributed by atoms with Crippen molar-refractivity contribution >= 4 is 11.6 Å². The van der Waals surface area contributed by atoms with Crippen molar-refractivity contribution in [2.75, 3.05) is 0 Å². The molecule has 1 aliphatic rings. The van der Waals surface area contributed by atoms with Gasteiger partial charge in [-0.15, -0.1) is 0 Å². The Balaban J connectivity index is 1.82. The van der Waals surface area contributed by atoms with Crippen LogP contribution in [0.2, 0.25) is 5.02 Å². The molecule has 1 fully saturated rings. The van der Waals surface area contributed by atoms with E-state index in [4.69, 9.17) is 16.0 Å². The Morgan fingerprint density at radius 1 is 1.25 bits per heavy atom. The second kappa shape index (κ2) is 5.52. The lowest BCUT2D eigenvalue weighted by Crippen LogP contribution is -2.22. The minimum Gasteiger partial charge on any atom is -0.441 e. The summed E-state index contributed by atoms with van der Waals surface area (Å²) >= 11 is 5.48. The zero-order chi connectivity index (χ0) is 16.8. The summed E-state index contributed by atoms with van der Waals surface area (Å²) < 4.78 is 33.8. The first-order valence-corrected chi connectivity index (χ1v) is 7.61. The number of aromatic nitrogens is 3. The fourth-order valence-corrected chi connectivity index (χ4v) is 2.59. The third kappa shape index (κ3) is 2.50. The summed E-state index contributed by atoms with van der Waals surface area (Å²) in [7, 11) is 0. The first-order valence-electron chi connectivity index (χ1n) is 7.23. The van der Waals surface area contributed by atoms with Crippen LogP contribution in [0.25, 0.3) is 17.1 Å². The standard InChI is InChI=1S/C16H10ClF2N3O2/c17-13-10(18)5-9(6-11(13)19)14-15(20-7-24-14)22-4-3-12(8-1-2-8)21-16(22)23/h3-8H,1-2H2. The third-order valence-corrected chi connectivity index (χ3v) is 4.20. The van der Waals surface area contributed by atoms with Crippen molar-refractivity contribution in [2.45, 2.75) is 18.8 Å². The number of hydrogen-bond acceptors (Lipinski definition) is 4. The summed E-state index contributed by atoms with van der Waals surface area (Å²) in [5.74, 6) is -1.36. The Morgan fingerprint density at radius 2 is 1.96 bits per heavy atom. The van der Waals surface area contributed by atoms with Gasteiger partial charge in [0.2, 0.25) is 0 Å². The molecule has 0 radical (unpaired) electrons. The molecule has 0 amide bonds. The second-order valence-electron chi connectivity index (χ2n) is 5.54. The van der Waals surface area contributed by atoms with Crippen LogP contribution in [0.4, 0.5) is 8.78 Å². The molecule has 2 aromatic heterocycles. The van der Waals surface area contributed by atoms with Crippen molar-refractivity contribution in [1.29, 1.82) is 0 Å². The van der Waals surface area contributed by atoms with Gasteiger partial charge in [0.1, 0.15) is 16.7 Å². The second-order valence-corrected chi connectivity index (χ2v) is 5.92. The SMILES string of the molecule is O=c1nc(C2CC2)ccn1-c1ncoc1-c1cc(F)c(Cl)c(F)c1. The Hall–Kier alpha value is -2.54. The molecule has 0 spiro atoms. The summed E-state index contributed by atoms with van der Waals surface area (Å²) in [5, 5.41) is -0.604. The van der Waals surface area contributed by atoms with Crippen molar-refractivity contribution in [3.05, 3.63) is 63.6 Å². The number of nitrogens with zero attached hydrogens (tertiary/aromatic N) is 3. The van der Waals surface area contributed by atoms with E-state index in [-0.39, 0.29) is 17.1 Å². The average Bonchev–Trinajstić information content (AvgIpc) is 3.30. The van der Waals surface area contributed by atoms with Crippen molar-refractivity contribution in [3.8, 4) is 17.1 Å². The van der Waals surface area contributed by atoms with Gasteiger partial charge in [0.05, 0.1) is 5.69 Å². The zero-order valence-electron chi connectivity index (χ0n) is 12.2. The van der Waals surface area contributed by atoms with Crippen molar-refractivity contribution in [1.82, 2.24) is 14.5 Å². The minimum absolute atomic E-state index is 0.0486. The highest BCUT2D eigenvalue weighted by atomic mass is 35.5. The highest BCUT2D eigenvalue weighted by Gasteiger charge is 2.26. The predicted octanol–water partition coefficient (Wildman–Crippen LogP) is 3.70. The molecule has 1 saturated carbocycles. The van der Waals surface area contributed by atoms with Gasteiger partial charge in [0.15, 0.2) is 18.0 Å². The fraction of sp³-hybridized carbons (Fsp3) is 0.188. The summed E-state index contributed by atoms with van der Waals surface area (Å²) in [6.45, 7) is 0. The van der Waals surface area contributed by atoms with Gasteiger partial charge >= 0.3 is 5.69 Å². The van der Waals surface area contributed by atoms with Crippen molar-refractivity contribution < 1.29 is 13.2 Å². The van der Waals surface area contributed by atoms with Gasteiger partial charge in [-0.2, -0.15) is 9.97 Å². The van der Waals surface area contributed by atoms with Crippen LogP contribution in [0.5, 0.6) is 0 Å². The van der Waals surface area contributed by atoms with Crippen LogP contribution in [0.15, 0.2) is 40.0 Å². The van der Waals surface area contributed by atoms with E-state index in [1.165, 1.54) is 10.8 Å². The molecule has 0 aliphatic heterocycles. The number of rotatable bonds is 3. The Bertz CT molecular complexity index is 972. The van der Waals surface area contributed by atoms with Crippen LogP contribution in [-0.2, 0) is 0 Å². The molecule has 5 nitrogen and oxygen atoms in total. The number of hydrogen-bond donors (Lipinski definition) is 0. The Labute approximate surface area is 139 Å². The lowest BCUT2D eigenvalue weighted by atomic mass is 10.1. The Morgan fingerprint density at radius 3 is 2.58 bits per heavy atom. The molecular weight excluding hydrogens is 340 g/mol. The van der Waals surface area contributed by atoms with Gasteiger partial charge in [0.25, 0.3) is 0 Å². The maximum Gasteiger partial charge on any atom is 0.353 e. The first kappa shape index (κ1) is 15.0. The van der Waals surface area contributed by atoms with Gasteiger partial charge < -0.3 is 4.42 Å². The molecule has 1 aliphatic carbocycles. The maximum absolute atomic E-state index is 13.7. The zero-order valence-corrected chi connectivity index (χ0v) is 12.9. The molecule has 2 heterocycles. The molecule has 3 aromatic rings. The lowest BCUT2D eigenvalue weighted by molar-refractivity contribution is 0.562. The molecule has 1 aromatic carbocycles. The van der Waals surface area contributed by atoms with Crippen LogP contribution in [-0.4, -0.2) is 14.5 Å². The molecule has 4 rings (SSSR count). The summed E-state index contributed by atoms with van der Waals surface area (Å²) in [6, 6.07) is 3.78. The number of halogens is 3. The molecule has 0 saturated heterocycles. The van der Waals surface area contributed by atoms with Crippen LogP contribution < -0.4 is 5.69 Å². The molecule has 24 heavy (non-hydrogen) atoms. The molecule has 0 unspecified atom stereocenters. The summed E-state index contributed by atoms with van der Waals surface area (Å²) in [5.41, 5.74) is 0.300. The number of benzene rings is 1. The first-order chi connectivity index (χ1) is 11.5. The van der Waals surface area contributed by atoms with Gasteiger partial charge in [-0.1, -0.05) is 11.6 Å². The van der Waals surface area contributed by atoms with E-state index < -0.39 is 22.3 Å². The average molecular weight is 350 g/mol. The van der Waals surface area contributed by atoms with Crippen molar-refractivity contribution in [2.24, 2.45) is 0 Å². The highest BCUT2D eigenvalue weighted by molar-refractivity contribution is 6.31. The van der Waals surface area contributed by atoms with E-state index >= 15 is 0 Å². The van der Waals surface area contributed by atoms with Crippen LogP contribution in [0.1, 0.15) is 24.5 Å². The maximum atomic E-state index is 13.7. The molecule has 0 N–H and O–H groups in total. The van der Waals surface area contributed by atoms with Crippen LogP contribution >= 0.6 is 11.6 Å². The molecule has 122 valence electrons.